The van der Waals surface area contributed by atoms with Crippen LogP contribution in [-0.4, -0.2) is 15.6 Å². The molecule has 0 bridgehead atoms. The number of nitrogens with zero attached hydrogens (tertiary/aromatic N) is 2. The number of carbonyl (C=O) groups excluding carboxylic acids is 1. The van der Waals surface area contributed by atoms with E-state index in [1.165, 1.54) is 0 Å². The number of carbonyl (C=O) groups is 1. The summed E-state index contributed by atoms with van der Waals surface area (Å²) >= 11 is 3.37. The Bertz CT molecular complexity index is 572. The highest BCUT2D eigenvalue weighted by Crippen LogP contribution is 2.14. The van der Waals surface area contributed by atoms with E-state index < -0.39 is 0 Å². The number of benzene rings is 1. The van der Waals surface area contributed by atoms with Crippen molar-refractivity contribution >= 4 is 21.7 Å². The second-order valence-corrected chi connectivity index (χ2v) is 5.32. The molecule has 0 aliphatic carbocycles. The zero-order chi connectivity index (χ0) is 13.8. The summed E-state index contributed by atoms with van der Waals surface area (Å²) in [5.41, 5.74) is 2.78. The summed E-state index contributed by atoms with van der Waals surface area (Å²) in [6, 6.07) is 9.50. The van der Waals surface area contributed by atoms with Crippen molar-refractivity contribution in [2.24, 2.45) is 0 Å². The van der Waals surface area contributed by atoms with E-state index in [0.717, 1.165) is 34.4 Å². The molecule has 2 rings (SSSR count). The normalized spacial score (nSPS) is 10.7. The topological polar surface area (TPSA) is 34.9 Å². The molecule has 0 saturated carbocycles. The van der Waals surface area contributed by atoms with Gasteiger partial charge in [0.15, 0.2) is 5.78 Å². The van der Waals surface area contributed by atoms with E-state index in [2.05, 4.69) is 28.0 Å². The first-order valence-corrected chi connectivity index (χ1v) is 7.27. The molecule has 0 atom stereocenters. The quantitative estimate of drug-likeness (QED) is 0.788. The Morgan fingerprint density at radius 1 is 1.26 bits per heavy atom. The molecule has 1 aromatic heterocycles. The number of hydrogen-bond donors (Lipinski definition) is 0. The predicted molar refractivity (Wildman–Crippen MR) is 79.5 cm³/mol. The molecule has 3 nitrogen and oxygen atoms in total. The lowest BCUT2D eigenvalue weighted by molar-refractivity contribution is 0.0990. The smallest absolute Gasteiger partial charge is 0.168 e. The Kier molecular flexibility index (Phi) is 4.53. The fraction of sp³-hybridized carbons (Fsp3) is 0.333. The van der Waals surface area contributed by atoms with Gasteiger partial charge in [-0.15, -0.1) is 0 Å². The van der Waals surface area contributed by atoms with Crippen molar-refractivity contribution in [3.8, 4) is 0 Å². The van der Waals surface area contributed by atoms with Gasteiger partial charge < -0.3 is 0 Å². The number of aromatic nitrogens is 2. The van der Waals surface area contributed by atoms with Gasteiger partial charge in [-0.3, -0.25) is 9.48 Å². The maximum Gasteiger partial charge on any atom is 0.168 e. The lowest BCUT2D eigenvalue weighted by Crippen LogP contribution is -2.09. The molecule has 100 valence electrons. The van der Waals surface area contributed by atoms with Crippen molar-refractivity contribution in [3.05, 3.63) is 51.8 Å². The lowest BCUT2D eigenvalue weighted by Gasteiger charge is -2.04. The van der Waals surface area contributed by atoms with Gasteiger partial charge in [0, 0.05) is 22.3 Å². The number of rotatable bonds is 5. The zero-order valence-electron chi connectivity index (χ0n) is 11.2. The van der Waals surface area contributed by atoms with Crippen LogP contribution in [0.25, 0.3) is 0 Å². The van der Waals surface area contributed by atoms with Crippen LogP contribution in [-0.2, 0) is 19.4 Å². The average Bonchev–Trinajstić information content (AvgIpc) is 2.81. The fourth-order valence-corrected chi connectivity index (χ4v) is 2.27. The van der Waals surface area contributed by atoms with Crippen LogP contribution in [0.2, 0.25) is 0 Å². The Labute approximate surface area is 121 Å². The van der Waals surface area contributed by atoms with Gasteiger partial charge in [-0.25, -0.2) is 0 Å². The largest absolute Gasteiger partial charge is 0.294 e. The minimum atomic E-state index is 0.129. The Balaban J connectivity index is 2.18. The van der Waals surface area contributed by atoms with E-state index in [1.807, 2.05) is 41.9 Å². The summed E-state index contributed by atoms with van der Waals surface area (Å²) in [4.78, 5) is 12.2. The van der Waals surface area contributed by atoms with Crippen LogP contribution in [0, 0.1) is 0 Å². The molecule has 1 heterocycles. The third-order valence-electron chi connectivity index (χ3n) is 3.08. The maximum atomic E-state index is 12.2. The molecule has 0 N–H and O–H groups in total. The molecule has 0 amide bonds. The van der Waals surface area contributed by atoms with E-state index in [0.29, 0.717) is 6.42 Å². The molecule has 0 spiro atoms. The molecular weight excluding hydrogens is 304 g/mol. The summed E-state index contributed by atoms with van der Waals surface area (Å²) in [6.07, 6.45) is 1.30. The first kappa shape index (κ1) is 14.0. The van der Waals surface area contributed by atoms with Gasteiger partial charge in [-0.05, 0) is 31.5 Å². The number of halogens is 1. The van der Waals surface area contributed by atoms with Crippen molar-refractivity contribution in [1.29, 1.82) is 0 Å². The monoisotopic (exact) mass is 320 g/mol. The first-order chi connectivity index (χ1) is 9.13. The highest BCUT2D eigenvalue weighted by atomic mass is 79.9. The number of ketones is 1. The molecule has 1 aromatic carbocycles. The summed E-state index contributed by atoms with van der Waals surface area (Å²) < 4.78 is 2.89. The molecule has 0 saturated heterocycles. The third kappa shape index (κ3) is 3.32. The lowest BCUT2D eigenvalue weighted by atomic mass is 10.1. The van der Waals surface area contributed by atoms with Crippen molar-refractivity contribution in [2.75, 3.05) is 0 Å². The Morgan fingerprint density at radius 3 is 2.53 bits per heavy atom. The van der Waals surface area contributed by atoms with Crippen LogP contribution < -0.4 is 0 Å². The van der Waals surface area contributed by atoms with E-state index in [1.54, 1.807) is 0 Å². The van der Waals surface area contributed by atoms with Crippen molar-refractivity contribution < 1.29 is 4.79 Å². The summed E-state index contributed by atoms with van der Waals surface area (Å²) in [6.45, 7) is 4.91. The maximum absolute atomic E-state index is 12.2. The molecule has 0 aliphatic heterocycles. The molecule has 0 aliphatic rings. The average molecular weight is 321 g/mol. The van der Waals surface area contributed by atoms with Crippen LogP contribution in [0.1, 0.15) is 35.6 Å². The summed E-state index contributed by atoms with van der Waals surface area (Å²) in [7, 11) is 0. The summed E-state index contributed by atoms with van der Waals surface area (Å²) in [5.74, 6) is 0.129. The number of aryl methyl sites for hydroxylation is 2. The van der Waals surface area contributed by atoms with Gasteiger partial charge >= 0.3 is 0 Å². The van der Waals surface area contributed by atoms with E-state index in [4.69, 9.17) is 0 Å². The predicted octanol–water partition coefficient (Wildman–Crippen LogP) is 3.65. The van der Waals surface area contributed by atoms with E-state index >= 15 is 0 Å². The van der Waals surface area contributed by atoms with Gasteiger partial charge in [0.1, 0.15) is 0 Å². The number of hydrogen-bond acceptors (Lipinski definition) is 2. The fourth-order valence-electron chi connectivity index (χ4n) is 2.01. The van der Waals surface area contributed by atoms with Gasteiger partial charge in [0.05, 0.1) is 12.1 Å². The molecule has 0 unspecified atom stereocenters. The molecule has 19 heavy (non-hydrogen) atoms. The summed E-state index contributed by atoms with van der Waals surface area (Å²) in [5, 5.41) is 4.46. The third-order valence-corrected chi connectivity index (χ3v) is 3.61. The molecule has 0 radical (unpaired) electrons. The molecular formula is C15H17BrN2O. The van der Waals surface area contributed by atoms with Crippen LogP contribution in [0.4, 0.5) is 0 Å². The molecule has 2 aromatic rings. The SMILES string of the molecule is CCc1cc(CC(=O)c2ccc(Br)cc2)n(CC)n1. The molecule has 0 fully saturated rings. The molecule has 4 heteroatoms. The van der Waals surface area contributed by atoms with Gasteiger partial charge in [0.25, 0.3) is 0 Å². The van der Waals surface area contributed by atoms with Gasteiger partial charge in [-0.2, -0.15) is 5.10 Å². The standard InChI is InChI=1S/C15H17BrN2O/c1-3-13-9-14(18(4-2)17-13)10-15(19)11-5-7-12(16)8-6-11/h5-9H,3-4,10H2,1-2H3. The number of Topliss-reactive ketones (excluding diaryl/α,β-unsaturated/α-hetero) is 1. The van der Waals surface area contributed by atoms with Crippen LogP contribution in [0.15, 0.2) is 34.8 Å². The second kappa shape index (κ2) is 6.15. The second-order valence-electron chi connectivity index (χ2n) is 4.40. The van der Waals surface area contributed by atoms with Crippen LogP contribution in [0.5, 0.6) is 0 Å². The van der Waals surface area contributed by atoms with Crippen molar-refractivity contribution in [3.63, 3.8) is 0 Å². The van der Waals surface area contributed by atoms with Gasteiger partial charge in [-0.1, -0.05) is 35.0 Å². The Morgan fingerprint density at radius 2 is 1.95 bits per heavy atom. The highest BCUT2D eigenvalue weighted by Gasteiger charge is 2.12. The minimum Gasteiger partial charge on any atom is -0.294 e. The van der Waals surface area contributed by atoms with Crippen molar-refractivity contribution in [1.82, 2.24) is 9.78 Å². The zero-order valence-corrected chi connectivity index (χ0v) is 12.8. The minimum absolute atomic E-state index is 0.129. The van der Waals surface area contributed by atoms with Gasteiger partial charge in [0.2, 0.25) is 0 Å². The van der Waals surface area contributed by atoms with E-state index in [9.17, 15) is 4.79 Å². The van der Waals surface area contributed by atoms with Crippen molar-refractivity contribution in [2.45, 2.75) is 33.2 Å². The van der Waals surface area contributed by atoms with Crippen LogP contribution in [0.3, 0.4) is 0 Å². The Hall–Kier alpha value is -1.42. The van der Waals surface area contributed by atoms with Crippen LogP contribution >= 0.6 is 15.9 Å². The highest BCUT2D eigenvalue weighted by molar-refractivity contribution is 9.10. The first-order valence-electron chi connectivity index (χ1n) is 6.48. The van der Waals surface area contributed by atoms with E-state index in [-0.39, 0.29) is 5.78 Å².